The molecule has 0 unspecified atom stereocenters. The predicted molar refractivity (Wildman–Crippen MR) is 117 cm³/mol. The van der Waals surface area contributed by atoms with Crippen LogP contribution in [0.1, 0.15) is 52.7 Å². The van der Waals surface area contributed by atoms with Gasteiger partial charge < -0.3 is 14.6 Å². The monoisotopic (exact) mass is 384 g/mol. The maximum atomic E-state index is 9.67. The summed E-state index contributed by atoms with van der Waals surface area (Å²) in [6.45, 7) is 13.7. The van der Waals surface area contributed by atoms with Crippen molar-refractivity contribution in [2.24, 2.45) is 0 Å². The molecule has 0 aromatic heterocycles. The molecule has 0 atom stereocenters. The summed E-state index contributed by atoms with van der Waals surface area (Å²) in [4.78, 5) is 0. The molecule has 4 heteroatoms. The second-order valence-electron chi connectivity index (χ2n) is 8.07. The smallest absolute Gasteiger partial charge is 0.258 e. The van der Waals surface area contributed by atoms with E-state index in [1.165, 1.54) is 6.07 Å². The molecule has 0 heterocycles. The SMILES string of the molecule is CC(C)[Si](Oc1ccccc1/C=C/c1cc(O)cc(O)c1)(C(C)C)C(C)C. The molecule has 0 amide bonds. The molecule has 0 saturated carbocycles. The van der Waals surface area contributed by atoms with Crippen LogP contribution in [-0.4, -0.2) is 18.5 Å². The van der Waals surface area contributed by atoms with Gasteiger partial charge in [0.1, 0.15) is 17.2 Å². The van der Waals surface area contributed by atoms with E-state index in [1.54, 1.807) is 12.1 Å². The van der Waals surface area contributed by atoms with Gasteiger partial charge in [-0.2, -0.15) is 0 Å². The van der Waals surface area contributed by atoms with Crippen molar-refractivity contribution in [3.8, 4) is 17.2 Å². The van der Waals surface area contributed by atoms with Crippen LogP contribution in [-0.2, 0) is 0 Å². The lowest BCUT2D eigenvalue weighted by molar-refractivity contribution is 0.450. The van der Waals surface area contributed by atoms with Gasteiger partial charge >= 0.3 is 0 Å². The minimum absolute atomic E-state index is 0.0463. The van der Waals surface area contributed by atoms with Gasteiger partial charge in [-0.15, -0.1) is 0 Å². The first-order valence-corrected chi connectivity index (χ1v) is 11.8. The highest BCUT2D eigenvalue weighted by molar-refractivity contribution is 6.78. The molecule has 2 aromatic carbocycles. The summed E-state index contributed by atoms with van der Waals surface area (Å²) in [6, 6.07) is 12.6. The Kier molecular flexibility index (Phi) is 6.77. The van der Waals surface area contributed by atoms with Crippen molar-refractivity contribution in [3.63, 3.8) is 0 Å². The highest BCUT2D eigenvalue weighted by atomic mass is 28.4. The van der Waals surface area contributed by atoms with E-state index >= 15 is 0 Å². The zero-order valence-electron chi connectivity index (χ0n) is 17.2. The van der Waals surface area contributed by atoms with Gasteiger partial charge in [-0.1, -0.05) is 71.9 Å². The average Bonchev–Trinajstić information content (AvgIpc) is 2.56. The molecule has 2 aromatic rings. The number of phenolic OH excluding ortho intramolecular Hbond substituents is 2. The molecule has 0 aliphatic rings. The fraction of sp³-hybridized carbons (Fsp3) is 0.391. The quantitative estimate of drug-likeness (QED) is 0.406. The fourth-order valence-electron chi connectivity index (χ4n) is 4.16. The summed E-state index contributed by atoms with van der Waals surface area (Å²) in [5.41, 5.74) is 3.23. The highest BCUT2D eigenvalue weighted by Crippen LogP contribution is 2.43. The summed E-state index contributed by atoms with van der Waals surface area (Å²) >= 11 is 0. The molecule has 2 N–H and O–H groups in total. The number of hydrogen-bond acceptors (Lipinski definition) is 3. The third kappa shape index (κ3) is 4.75. The van der Waals surface area contributed by atoms with Gasteiger partial charge in [-0.3, -0.25) is 0 Å². The van der Waals surface area contributed by atoms with E-state index in [0.29, 0.717) is 16.6 Å². The van der Waals surface area contributed by atoms with Crippen LogP contribution in [0.3, 0.4) is 0 Å². The Hall–Kier alpha value is -2.20. The molecule has 27 heavy (non-hydrogen) atoms. The van der Waals surface area contributed by atoms with Crippen LogP contribution in [0.15, 0.2) is 42.5 Å². The number of aromatic hydroxyl groups is 2. The standard InChI is InChI=1S/C23H32O3Si/c1-16(2)27(17(3)4,18(5)6)26-23-10-8-7-9-20(23)12-11-19-13-21(24)15-22(25)14-19/h7-18,24-25H,1-6H3/b12-11+. The second kappa shape index (κ2) is 8.66. The van der Waals surface area contributed by atoms with E-state index in [-0.39, 0.29) is 11.5 Å². The van der Waals surface area contributed by atoms with E-state index in [4.69, 9.17) is 4.43 Å². The summed E-state index contributed by atoms with van der Waals surface area (Å²) in [6.07, 6.45) is 3.86. The minimum Gasteiger partial charge on any atom is -0.542 e. The summed E-state index contributed by atoms with van der Waals surface area (Å²) < 4.78 is 6.84. The van der Waals surface area contributed by atoms with Crippen LogP contribution in [0.5, 0.6) is 17.2 Å². The molecule has 146 valence electrons. The number of para-hydroxylation sites is 1. The van der Waals surface area contributed by atoms with Crippen molar-refractivity contribution >= 4 is 20.5 Å². The van der Waals surface area contributed by atoms with Gasteiger partial charge in [0.05, 0.1) is 0 Å². The lowest BCUT2D eigenvalue weighted by Crippen LogP contribution is -2.50. The van der Waals surface area contributed by atoms with E-state index < -0.39 is 8.32 Å². The number of hydrogen-bond donors (Lipinski definition) is 2. The largest absolute Gasteiger partial charge is 0.542 e. The lowest BCUT2D eigenvalue weighted by Gasteiger charge is -2.42. The van der Waals surface area contributed by atoms with E-state index in [1.807, 2.05) is 36.4 Å². The second-order valence-corrected chi connectivity index (χ2v) is 13.4. The fourth-order valence-corrected chi connectivity index (χ4v) is 9.43. The molecule has 0 aliphatic carbocycles. The van der Waals surface area contributed by atoms with E-state index in [2.05, 4.69) is 41.5 Å². The Morgan fingerprint density at radius 2 is 1.30 bits per heavy atom. The molecule has 0 fully saturated rings. The third-order valence-corrected chi connectivity index (χ3v) is 11.3. The normalized spacial score (nSPS) is 12.5. The molecular weight excluding hydrogens is 352 g/mol. The van der Waals surface area contributed by atoms with Crippen LogP contribution >= 0.6 is 0 Å². The van der Waals surface area contributed by atoms with Crippen LogP contribution in [0.25, 0.3) is 12.2 Å². The Morgan fingerprint density at radius 3 is 1.81 bits per heavy atom. The summed E-state index contributed by atoms with van der Waals surface area (Å²) in [7, 11) is -2.04. The zero-order valence-corrected chi connectivity index (χ0v) is 18.2. The number of rotatable bonds is 7. The maximum Gasteiger partial charge on any atom is 0.258 e. The van der Waals surface area contributed by atoms with Gasteiger partial charge in [-0.25, -0.2) is 0 Å². The van der Waals surface area contributed by atoms with Gasteiger partial charge in [0.2, 0.25) is 0 Å². The number of benzene rings is 2. The van der Waals surface area contributed by atoms with Gasteiger partial charge in [0.25, 0.3) is 8.32 Å². The topological polar surface area (TPSA) is 49.7 Å². The Balaban J connectivity index is 2.41. The molecule has 0 spiro atoms. The van der Waals surface area contributed by atoms with Crippen molar-refractivity contribution in [1.82, 2.24) is 0 Å². The van der Waals surface area contributed by atoms with E-state index in [0.717, 1.165) is 16.9 Å². The molecule has 3 nitrogen and oxygen atoms in total. The highest BCUT2D eigenvalue weighted by Gasteiger charge is 2.47. The van der Waals surface area contributed by atoms with Crippen LogP contribution in [0, 0.1) is 0 Å². The number of phenols is 2. The van der Waals surface area contributed by atoms with Gasteiger partial charge in [-0.05, 0) is 40.4 Å². The Morgan fingerprint density at radius 1 is 0.778 bits per heavy atom. The Labute approximate surface area is 164 Å². The summed E-state index contributed by atoms with van der Waals surface area (Å²) in [5.74, 6) is 0.996. The third-order valence-electron chi connectivity index (χ3n) is 5.29. The average molecular weight is 385 g/mol. The summed E-state index contributed by atoms with van der Waals surface area (Å²) in [5, 5.41) is 19.3. The van der Waals surface area contributed by atoms with Crippen LogP contribution in [0.4, 0.5) is 0 Å². The minimum atomic E-state index is -2.04. The molecule has 2 rings (SSSR count). The van der Waals surface area contributed by atoms with Crippen molar-refractivity contribution < 1.29 is 14.6 Å². The first kappa shape index (κ1) is 21.1. The molecule has 0 aliphatic heterocycles. The van der Waals surface area contributed by atoms with E-state index in [9.17, 15) is 10.2 Å². The molecule has 0 saturated heterocycles. The first-order valence-electron chi connectivity index (χ1n) is 9.66. The zero-order chi connectivity index (χ0) is 20.2. The van der Waals surface area contributed by atoms with Crippen molar-refractivity contribution in [3.05, 3.63) is 53.6 Å². The van der Waals surface area contributed by atoms with Crippen LogP contribution < -0.4 is 4.43 Å². The molecule has 0 bridgehead atoms. The Bertz CT molecular complexity index is 752. The molecule has 0 radical (unpaired) electrons. The van der Waals surface area contributed by atoms with Gasteiger partial charge in [0, 0.05) is 11.6 Å². The van der Waals surface area contributed by atoms with Crippen LogP contribution in [0.2, 0.25) is 16.6 Å². The first-order chi connectivity index (χ1) is 12.7. The predicted octanol–water partition coefficient (Wildman–Crippen LogP) is 6.82. The van der Waals surface area contributed by atoms with Crippen molar-refractivity contribution in [2.75, 3.05) is 0 Å². The lowest BCUT2D eigenvalue weighted by atomic mass is 10.1. The maximum absolute atomic E-state index is 9.67. The molecular formula is C23H32O3Si. The van der Waals surface area contributed by atoms with Crippen molar-refractivity contribution in [2.45, 2.75) is 58.2 Å². The van der Waals surface area contributed by atoms with Crippen molar-refractivity contribution in [1.29, 1.82) is 0 Å². The van der Waals surface area contributed by atoms with Gasteiger partial charge in [0.15, 0.2) is 0 Å².